The van der Waals surface area contributed by atoms with Crippen LogP contribution in [0.5, 0.6) is 0 Å². The topological polar surface area (TPSA) is 55.6 Å². The molecule has 0 unspecified atom stereocenters. The predicted molar refractivity (Wildman–Crippen MR) is 58.9 cm³/mol. The van der Waals surface area contributed by atoms with Gasteiger partial charge < -0.3 is 4.74 Å². The second kappa shape index (κ2) is 4.94. The Kier molecular flexibility index (Phi) is 4.11. The third kappa shape index (κ3) is 5.14. The zero-order valence-corrected chi connectivity index (χ0v) is 9.95. The summed E-state index contributed by atoms with van der Waals surface area (Å²) in [6, 6.07) is 0. The molecule has 0 radical (unpaired) electrons. The first-order chi connectivity index (χ1) is 6.87. The number of carbonyl (C=O) groups is 1. The molecule has 0 aromatic rings. The highest BCUT2D eigenvalue weighted by atomic mass is 16.6. The summed E-state index contributed by atoms with van der Waals surface area (Å²) in [4.78, 5) is 11.5. The molecule has 88 valence electrons. The standard InChI is InChI=1S/C11H22N2O2/c1-11(2,3)15-10(14)8-9-4-6-13(12)7-5-9/h9H,4-8,12H2,1-3H3. The fourth-order valence-electron chi connectivity index (χ4n) is 1.78. The quantitative estimate of drug-likeness (QED) is 0.556. The first-order valence-electron chi connectivity index (χ1n) is 5.58. The number of rotatable bonds is 2. The van der Waals surface area contributed by atoms with Gasteiger partial charge in [-0.25, -0.2) is 5.01 Å². The Morgan fingerprint density at radius 1 is 1.40 bits per heavy atom. The minimum atomic E-state index is -0.369. The summed E-state index contributed by atoms with van der Waals surface area (Å²) in [5.74, 6) is 6.01. The Morgan fingerprint density at radius 3 is 2.40 bits per heavy atom. The van der Waals surface area contributed by atoms with Crippen LogP contribution in [-0.2, 0) is 9.53 Å². The zero-order valence-electron chi connectivity index (χ0n) is 9.95. The van der Waals surface area contributed by atoms with Crippen LogP contribution in [0, 0.1) is 5.92 Å². The molecule has 1 saturated heterocycles. The van der Waals surface area contributed by atoms with Crippen LogP contribution in [0.15, 0.2) is 0 Å². The normalized spacial score (nSPS) is 20.3. The Morgan fingerprint density at radius 2 is 1.93 bits per heavy atom. The van der Waals surface area contributed by atoms with E-state index in [1.807, 2.05) is 25.8 Å². The molecule has 0 spiro atoms. The first kappa shape index (κ1) is 12.5. The third-order valence-electron chi connectivity index (χ3n) is 2.52. The summed E-state index contributed by atoms with van der Waals surface area (Å²) < 4.78 is 5.28. The molecule has 0 aliphatic carbocycles. The Bertz CT molecular complexity index is 215. The number of hydrazine groups is 1. The van der Waals surface area contributed by atoms with E-state index in [1.165, 1.54) is 0 Å². The highest BCUT2D eigenvalue weighted by molar-refractivity contribution is 5.70. The van der Waals surface area contributed by atoms with Gasteiger partial charge in [-0.15, -0.1) is 0 Å². The van der Waals surface area contributed by atoms with Gasteiger partial charge in [-0.3, -0.25) is 10.6 Å². The van der Waals surface area contributed by atoms with Crippen molar-refractivity contribution in [1.82, 2.24) is 5.01 Å². The molecular formula is C11H22N2O2. The molecule has 1 aliphatic rings. The van der Waals surface area contributed by atoms with Gasteiger partial charge in [0, 0.05) is 19.5 Å². The summed E-state index contributed by atoms with van der Waals surface area (Å²) in [6.07, 6.45) is 2.52. The highest BCUT2D eigenvalue weighted by Gasteiger charge is 2.23. The van der Waals surface area contributed by atoms with Crippen molar-refractivity contribution in [1.29, 1.82) is 0 Å². The van der Waals surface area contributed by atoms with E-state index in [0.29, 0.717) is 12.3 Å². The Hall–Kier alpha value is -0.610. The van der Waals surface area contributed by atoms with Crippen LogP contribution >= 0.6 is 0 Å². The van der Waals surface area contributed by atoms with Gasteiger partial charge in [-0.1, -0.05) is 0 Å². The fraction of sp³-hybridized carbons (Fsp3) is 0.909. The van der Waals surface area contributed by atoms with Gasteiger partial charge in [0.15, 0.2) is 0 Å². The van der Waals surface area contributed by atoms with Crippen LogP contribution in [0.2, 0.25) is 0 Å². The summed E-state index contributed by atoms with van der Waals surface area (Å²) in [5.41, 5.74) is -0.369. The second-order valence-electron chi connectivity index (χ2n) is 5.27. The number of nitrogens with zero attached hydrogens (tertiary/aromatic N) is 1. The molecule has 0 saturated carbocycles. The van der Waals surface area contributed by atoms with E-state index in [4.69, 9.17) is 10.6 Å². The molecule has 4 nitrogen and oxygen atoms in total. The van der Waals surface area contributed by atoms with Gasteiger partial charge in [0.1, 0.15) is 5.60 Å². The lowest BCUT2D eigenvalue weighted by Gasteiger charge is -2.28. The largest absolute Gasteiger partial charge is 0.460 e. The molecule has 0 bridgehead atoms. The summed E-state index contributed by atoms with van der Waals surface area (Å²) in [6.45, 7) is 7.45. The molecule has 1 fully saturated rings. The predicted octanol–water partition coefficient (Wildman–Crippen LogP) is 1.30. The van der Waals surface area contributed by atoms with E-state index in [2.05, 4.69) is 0 Å². The van der Waals surface area contributed by atoms with Crippen molar-refractivity contribution < 1.29 is 9.53 Å². The second-order valence-corrected chi connectivity index (χ2v) is 5.27. The van der Waals surface area contributed by atoms with Crippen molar-refractivity contribution in [2.45, 2.75) is 45.6 Å². The highest BCUT2D eigenvalue weighted by Crippen LogP contribution is 2.20. The number of hydrogen-bond donors (Lipinski definition) is 1. The van der Waals surface area contributed by atoms with Crippen LogP contribution in [-0.4, -0.2) is 29.7 Å². The van der Waals surface area contributed by atoms with E-state index < -0.39 is 0 Å². The Balaban J connectivity index is 2.27. The average molecular weight is 214 g/mol. The van der Waals surface area contributed by atoms with E-state index in [0.717, 1.165) is 25.9 Å². The fourth-order valence-corrected chi connectivity index (χ4v) is 1.78. The lowest BCUT2D eigenvalue weighted by atomic mass is 9.94. The van der Waals surface area contributed by atoms with Crippen molar-refractivity contribution >= 4 is 5.97 Å². The molecule has 1 heterocycles. The maximum Gasteiger partial charge on any atom is 0.306 e. The van der Waals surface area contributed by atoms with Crippen LogP contribution in [0.25, 0.3) is 0 Å². The lowest BCUT2D eigenvalue weighted by molar-refractivity contribution is -0.156. The number of nitrogens with two attached hydrogens (primary N) is 1. The molecule has 1 rings (SSSR count). The number of ether oxygens (including phenoxy) is 1. The molecule has 1 aliphatic heterocycles. The van der Waals surface area contributed by atoms with Crippen LogP contribution in [0.4, 0.5) is 0 Å². The minimum Gasteiger partial charge on any atom is -0.460 e. The maximum absolute atomic E-state index is 11.5. The molecular weight excluding hydrogens is 192 g/mol. The van der Waals surface area contributed by atoms with Gasteiger partial charge in [0.2, 0.25) is 0 Å². The van der Waals surface area contributed by atoms with Crippen LogP contribution < -0.4 is 5.84 Å². The van der Waals surface area contributed by atoms with Crippen LogP contribution in [0.3, 0.4) is 0 Å². The van der Waals surface area contributed by atoms with Gasteiger partial charge in [-0.05, 0) is 39.5 Å². The summed E-state index contributed by atoms with van der Waals surface area (Å²) >= 11 is 0. The molecule has 15 heavy (non-hydrogen) atoms. The van der Waals surface area contributed by atoms with E-state index in [9.17, 15) is 4.79 Å². The maximum atomic E-state index is 11.5. The zero-order chi connectivity index (χ0) is 11.5. The van der Waals surface area contributed by atoms with Crippen LogP contribution in [0.1, 0.15) is 40.0 Å². The number of esters is 1. The molecule has 2 N–H and O–H groups in total. The summed E-state index contributed by atoms with van der Waals surface area (Å²) in [5, 5.41) is 1.81. The van der Waals surface area contributed by atoms with Crippen molar-refractivity contribution in [3.8, 4) is 0 Å². The van der Waals surface area contributed by atoms with Gasteiger partial charge in [-0.2, -0.15) is 0 Å². The van der Waals surface area contributed by atoms with E-state index in [-0.39, 0.29) is 11.6 Å². The minimum absolute atomic E-state index is 0.0852. The van der Waals surface area contributed by atoms with Crippen molar-refractivity contribution in [2.24, 2.45) is 11.8 Å². The smallest absolute Gasteiger partial charge is 0.306 e. The van der Waals surface area contributed by atoms with Crippen molar-refractivity contribution in [3.05, 3.63) is 0 Å². The summed E-state index contributed by atoms with van der Waals surface area (Å²) in [7, 11) is 0. The molecule has 0 amide bonds. The first-order valence-corrected chi connectivity index (χ1v) is 5.58. The third-order valence-corrected chi connectivity index (χ3v) is 2.52. The van der Waals surface area contributed by atoms with Gasteiger partial charge in [0.25, 0.3) is 0 Å². The molecule has 0 atom stereocenters. The van der Waals surface area contributed by atoms with E-state index >= 15 is 0 Å². The molecule has 0 aromatic carbocycles. The number of carbonyl (C=O) groups excluding carboxylic acids is 1. The Labute approximate surface area is 91.7 Å². The molecule has 0 aromatic heterocycles. The van der Waals surface area contributed by atoms with Gasteiger partial charge in [0.05, 0.1) is 0 Å². The van der Waals surface area contributed by atoms with E-state index in [1.54, 1.807) is 0 Å². The van der Waals surface area contributed by atoms with Crippen molar-refractivity contribution in [3.63, 3.8) is 0 Å². The van der Waals surface area contributed by atoms with Gasteiger partial charge >= 0.3 is 5.97 Å². The SMILES string of the molecule is CC(C)(C)OC(=O)CC1CCN(N)CC1. The monoisotopic (exact) mass is 214 g/mol. The number of piperidine rings is 1. The number of hydrogen-bond acceptors (Lipinski definition) is 4. The molecule has 4 heteroatoms. The van der Waals surface area contributed by atoms with Crippen molar-refractivity contribution in [2.75, 3.05) is 13.1 Å². The average Bonchev–Trinajstić information content (AvgIpc) is 2.05. The lowest BCUT2D eigenvalue weighted by Crippen LogP contribution is -2.39.